The molecule has 0 saturated heterocycles. The zero-order valence-corrected chi connectivity index (χ0v) is 12.1. The standard InChI is InChI=1S/C13H17ClN2O4/c1-8(2)11(6-13(17)18)15-7-9-3-4-10(14)12(5-9)16(19)20/h3-5,8,11,15H,6-7H2,1-2H3,(H,17,18). The van der Waals surface area contributed by atoms with Crippen molar-refractivity contribution < 1.29 is 20.1 Å². The van der Waals surface area contributed by atoms with Crippen molar-refractivity contribution in [2.24, 2.45) is 5.92 Å². The second-order valence-corrected chi connectivity index (χ2v) is 5.37. The summed E-state index contributed by atoms with van der Waals surface area (Å²) in [7, 11) is 0. The molecule has 0 spiro atoms. The quantitative estimate of drug-likeness (QED) is 0.584. The van der Waals surface area contributed by atoms with Crippen LogP contribution in [-0.4, -0.2) is 16.9 Å². The molecule has 1 unspecified atom stereocenters. The predicted octanol–water partition coefficient (Wildman–Crippen LogP) is 0.476. The summed E-state index contributed by atoms with van der Waals surface area (Å²) in [6.45, 7) is 4.30. The molecule has 110 valence electrons. The maximum absolute atomic E-state index is 10.8. The SMILES string of the molecule is CC(C)C(CC(=O)[O-])[NH2+]Cc1ccc(Cl)c([N+](=O)[O-])c1. The lowest BCUT2D eigenvalue weighted by Crippen LogP contribution is -2.90. The molecular formula is C13H17ClN2O4. The van der Waals surface area contributed by atoms with Crippen molar-refractivity contribution in [3.63, 3.8) is 0 Å². The summed E-state index contributed by atoms with van der Waals surface area (Å²) >= 11 is 5.74. The highest BCUT2D eigenvalue weighted by Gasteiger charge is 2.18. The Kier molecular flexibility index (Phi) is 5.91. The predicted molar refractivity (Wildman–Crippen MR) is 72.0 cm³/mol. The Morgan fingerprint density at radius 3 is 2.60 bits per heavy atom. The monoisotopic (exact) mass is 300 g/mol. The van der Waals surface area contributed by atoms with Gasteiger partial charge in [0.2, 0.25) is 0 Å². The first-order chi connectivity index (χ1) is 9.31. The highest BCUT2D eigenvalue weighted by atomic mass is 35.5. The molecule has 0 aliphatic carbocycles. The Labute approximate surface area is 121 Å². The summed E-state index contributed by atoms with van der Waals surface area (Å²) in [5.74, 6) is -0.933. The minimum absolute atomic E-state index is 0.0483. The van der Waals surface area contributed by atoms with Gasteiger partial charge in [-0.25, -0.2) is 0 Å². The van der Waals surface area contributed by atoms with E-state index in [1.807, 2.05) is 19.2 Å². The fraction of sp³-hybridized carbons (Fsp3) is 0.462. The van der Waals surface area contributed by atoms with Gasteiger partial charge in [-0.2, -0.15) is 0 Å². The van der Waals surface area contributed by atoms with E-state index in [1.54, 1.807) is 6.07 Å². The Morgan fingerprint density at radius 1 is 1.45 bits per heavy atom. The second-order valence-electron chi connectivity index (χ2n) is 4.97. The average Bonchev–Trinajstić information content (AvgIpc) is 2.34. The molecule has 0 aliphatic heterocycles. The van der Waals surface area contributed by atoms with Gasteiger partial charge >= 0.3 is 0 Å². The van der Waals surface area contributed by atoms with Crippen LogP contribution >= 0.6 is 11.6 Å². The number of rotatable bonds is 7. The summed E-state index contributed by atoms with van der Waals surface area (Å²) in [6.07, 6.45) is -0.0483. The first kappa shape index (κ1) is 16.4. The number of hydrogen-bond acceptors (Lipinski definition) is 4. The van der Waals surface area contributed by atoms with Crippen molar-refractivity contribution in [3.05, 3.63) is 38.9 Å². The lowest BCUT2D eigenvalue weighted by molar-refractivity contribution is -0.709. The van der Waals surface area contributed by atoms with Crippen molar-refractivity contribution in [1.29, 1.82) is 0 Å². The van der Waals surface area contributed by atoms with Crippen molar-refractivity contribution in [3.8, 4) is 0 Å². The van der Waals surface area contributed by atoms with Crippen LogP contribution in [-0.2, 0) is 11.3 Å². The van der Waals surface area contributed by atoms with Gasteiger partial charge in [-0.05, 0) is 6.07 Å². The molecular weight excluding hydrogens is 284 g/mol. The smallest absolute Gasteiger partial charge is 0.288 e. The number of nitro groups is 1. The Hall–Kier alpha value is -1.66. The van der Waals surface area contributed by atoms with Gasteiger partial charge in [-0.1, -0.05) is 31.5 Å². The third-order valence-electron chi connectivity index (χ3n) is 3.12. The van der Waals surface area contributed by atoms with Crippen LogP contribution in [0.2, 0.25) is 5.02 Å². The number of aliphatic carboxylic acids is 1. The number of carbonyl (C=O) groups excluding carboxylic acids is 1. The third-order valence-corrected chi connectivity index (χ3v) is 3.44. The van der Waals surface area contributed by atoms with Crippen molar-refractivity contribution in [2.45, 2.75) is 32.9 Å². The van der Waals surface area contributed by atoms with Gasteiger partial charge in [0.15, 0.2) is 0 Å². The molecule has 0 amide bonds. The van der Waals surface area contributed by atoms with E-state index in [0.717, 1.165) is 5.56 Å². The molecule has 1 aromatic carbocycles. The number of nitrogens with two attached hydrogens (primary N) is 1. The van der Waals surface area contributed by atoms with Crippen LogP contribution in [0.5, 0.6) is 0 Å². The van der Waals surface area contributed by atoms with Gasteiger partial charge in [0, 0.05) is 29.9 Å². The molecule has 1 atom stereocenters. The number of carboxylic acid groups (broad SMARTS) is 1. The van der Waals surface area contributed by atoms with E-state index in [1.165, 1.54) is 12.1 Å². The van der Waals surface area contributed by atoms with E-state index >= 15 is 0 Å². The van der Waals surface area contributed by atoms with Crippen molar-refractivity contribution in [1.82, 2.24) is 0 Å². The molecule has 2 N–H and O–H groups in total. The summed E-state index contributed by atoms with van der Waals surface area (Å²) in [4.78, 5) is 20.9. The third kappa shape index (κ3) is 4.79. The molecule has 20 heavy (non-hydrogen) atoms. The van der Waals surface area contributed by atoms with E-state index in [4.69, 9.17) is 11.6 Å². The van der Waals surface area contributed by atoms with Gasteiger partial charge in [0.05, 0.1) is 11.0 Å². The van der Waals surface area contributed by atoms with Crippen LogP contribution in [0, 0.1) is 16.0 Å². The van der Waals surface area contributed by atoms with Crippen LogP contribution in [0.25, 0.3) is 0 Å². The Morgan fingerprint density at radius 2 is 2.10 bits per heavy atom. The topological polar surface area (TPSA) is 99.9 Å². The first-order valence-corrected chi connectivity index (χ1v) is 6.65. The minimum Gasteiger partial charge on any atom is -0.550 e. The number of benzene rings is 1. The van der Waals surface area contributed by atoms with Crippen molar-refractivity contribution >= 4 is 23.3 Å². The summed E-state index contributed by atoms with van der Waals surface area (Å²) < 4.78 is 0. The van der Waals surface area contributed by atoms with Crippen LogP contribution in [0.15, 0.2) is 18.2 Å². The Bertz CT molecular complexity index is 505. The highest BCUT2D eigenvalue weighted by molar-refractivity contribution is 6.32. The van der Waals surface area contributed by atoms with Gasteiger partial charge in [0.25, 0.3) is 5.69 Å². The molecule has 0 fully saturated rings. The first-order valence-electron chi connectivity index (χ1n) is 6.27. The lowest BCUT2D eigenvalue weighted by atomic mass is 10.0. The van der Waals surface area contributed by atoms with E-state index in [0.29, 0.717) is 6.54 Å². The number of nitrogens with zero attached hydrogens (tertiary/aromatic N) is 1. The second kappa shape index (κ2) is 7.21. The molecule has 1 aromatic rings. The number of halogens is 1. The molecule has 0 aliphatic rings. The summed E-state index contributed by atoms with van der Waals surface area (Å²) in [5, 5.41) is 23.4. The molecule has 0 bridgehead atoms. The van der Waals surface area contributed by atoms with Crippen LogP contribution < -0.4 is 10.4 Å². The number of carbonyl (C=O) groups is 1. The normalized spacial score (nSPS) is 12.4. The summed E-state index contributed by atoms with van der Waals surface area (Å²) in [6, 6.07) is 4.46. The number of carboxylic acids is 1. The van der Waals surface area contributed by atoms with Gasteiger partial charge in [-0.3, -0.25) is 10.1 Å². The largest absolute Gasteiger partial charge is 0.550 e. The number of hydrogen-bond donors (Lipinski definition) is 1. The van der Waals surface area contributed by atoms with E-state index in [-0.39, 0.29) is 29.1 Å². The Balaban J connectivity index is 2.75. The van der Waals surface area contributed by atoms with Crippen LogP contribution in [0.3, 0.4) is 0 Å². The molecule has 0 saturated carbocycles. The fourth-order valence-electron chi connectivity index (χ4n) is 1.90. The summed E-state index contributed by atoms with van der Waals surface area (Å²) in [5.41, 5.74) is 0.587. The molecule has 0 heterocycles. The zero-order chi connectivity index (χ0) is 15.3. The molecule has 0 radical (unpaired) electrons. The molecule has 1 rings (SSSR count). The minimum atomic E-state index is -1.10. The van der Waals surface area contributed by atoms with Crippen molar-refractivity contribution in [2.75, 3.05) is 0 Å². The van der Waals surface area contributed by atoms with E-state index in [9.17, 15) is 20.0 Å². The maximum Gasteiger partial charge on any atom is 0.288 e. The van der Waals surface area contributed by atoms with E-state index < -0.39 is 10.9 Å². The fourth-order valence-corrected chi connectivity index (χ4v) is 2.08. The number of quaternary nitrogens is 1. The highest BCUT2D eigenvalue weighted by Crippen LogP contribution is 2.24. The van der Waals surface area contributed by atoms with Gasteiger partial charge in [-0.15, -0.1) is 0 Å². The van der Waals surface area contributed by atoms with Gasteiger partial charge < -0.3 is 15.2 Å². The van der Waals surface area contributed by atoms with Crippen LogP contribution in [0.4, 0.5) is 5.69 Å². The molecule has 6 nitrogen and oxygen atoms in total. The zero-order valence-electron chi connectivity index (χ0n) is 11.3. The maximum atomic E-state index is 10.8. The van der Waals surface area contributed by atoms with E-state index in [2.05, 4.69) is 0 Å². The van der Waals surface area contributed by atoms with Crippen LogP contribution in [0.1, 0.15) is 25.8 Å². The molecule has 0 aromatic heterocycles. The number of nitro benzene ring substituents is 1. The lowest BCUT2D eigenvalue weighted by Gasteiger charge is -2.19. The van der Waals surface area contributed by atoms with Gasteiger partial charge in [0.1, 0.15) is 11.6 Å². The average molecular weight is 301 g/mol. The molecule has 7 heteroatoms.